The highest BCUT2D eigenvalue weighted by molar-refractivity contribution is 5.85. The fraction of sp³-hybridized carbons (Fsp3) is 0.633. The van der Waals surface area contributed by atoms with E-state index < -0.39 is 0 Å². The fourth-order valence-electron chi connectivity index (χ4n) is 5.80. The molecule has 1 aromatic heterocycles. The minimum Gasteiger partial charge on any atom is -0.493 e. The number of carbonyl (C=O) groups excluding carboxylic acids is 1. The SMILES string of the molecule is CC(C)c1noc(N2CCC(COc3ccc(C4=CCC(C(=O)N5CC[C@H](N(C)C)C5)CC4)cc3)CC2)n1.Cl. The number of aromatic nitrogens is 2. The van der Waals surface area contributed by atoms with Crippen LogP contribution in [0.3, 0.4) is 0 Å². The van der Waals surface area contributed by atoms with Gasteiger partial charge in [-0.05, 0) is 81.8 Å². The number of rotatable bonds is 8. The maximum Gasteiger partial charge on any atom is 0.324 e. The van der Waals surface area contributed by atoms with E-state index in [9.17, 15) is 4.79 Å². The van der Waals surface area contributed by atoms with E-state index in [-0.39, 0.29) is 24.2 Å². The number of amides is 1. The molecular weight excluding hydrogens is 514 g/mol. The molecule has 1 amide bonds. The molecule has 2 atom stereocenters. The minimum atomic E-state index is 0. The molecule has 0 spiro atoms. The summed E-state index contributed by atoms with van der Waals surface area (Å²) in [5.74, 6) is 2.96. The van der Waals surface area contributed by atoms with Gasteiger partial charge in [0.05, 0.1) is 6.61 Å². The van der Waals surface area contributed by atoms with Crippen LogP contribution >= 0.6 is 12.4 Å². The molecule has 1 aromatic carbocycles. The van der Waals surface area contributed by atoms with Gasteiger partial charge < -0.3 is 24.0 Å². The number of hydrogen-bond acceptors (Lipinski definition) is 7. The Morgan fingerprint density at radius 1 is 1.10 bits per heavy atom. The number of nitrogens with zero attached hydrogens (tertiary/aromatic N) is 5. The van der Waals surface area contributed by atoms with Crippen LogP contribution in [0.4, 0.5) is 6.01 Å². The Hall–Kier alpha value is -2.58. The van der Waals surface area contributed by atoms with E-state index in [1.165, 1.54) is 11.1 Å². The number of halogens is 1. The Labute approximate surface area is 239 Å². The van der Waals surface area contributed by atoms with Gasteiger partial charge in [-0.3, -0.25) is 4.79 Å². The summed E-state index contributed by atoms with van der Waals surface area (Å²) >= 11 is 0. The highest BCUT2D eigenvalue weighted by Crippen LogP contribution is 2.33. The lowest BCUT2D eigenvalue weighted by Gasteiger charge is -2.30. The average molecular weight is 558 g/mol. The van der Waals surface area contributed by atoms with Crippen molar-refractivity contribution in [1.82, 2.24) is 19.9 Å². The van der Waals surface area contributed by atoms with Crippen molar-refractivity contribution in [3.05, 3.63) is 41.7 Å². The normalized spacial score (nSPS) is 22.3. The standard InChI is InChI=1S/C30H43N5O3.ClH/c1-21(2)28-31-30(38-32-28)34-16-13-22(14-17-34)20-37-27-11-9-24(10-12-27)23-5-7-25(8-6-23)29(36)35-18-15-26(19-35)33(3)4;/h5,9-12,21-22,25-26H,6-8,13-20H2,1-4H3;1H/t25?,26-;/m0./s1. The van der Waals surface area contributed by atoms with Crippen LogP contribution in [0.15, 0.2) is 34.9 Å². The molecule has 39 heavy (non-hydrogen) atoms. The lowest BCUT2D eigenvalue weighted by Crippen LogP contribution is -2.38. The molecule has 2 saturated heterocycles. The Balaban J connectivity index is 0.00000353. The third kappa shape index (κ3) is 7.14. The monoisotopic (exact) mass is 557 g/mol. The highest BCUT2D eigenvalue weighted by atomic mass is 35.5. The van der Waals surface area contributed by atoms with Gasteiger partial charge in [0.2, 0.25) is 5.91 Å². The fourth-order valence-corrected chi connectivity index (χ4v) is 5.80. The zero-order valence-corrected chi connectivity index (χ0v) is 24.7. The maximum atomic E-state index is 13.0. The van der Waals surface area contributed by atoms with Crippen molar-refractivity contribution >= 4 is 29.9 Å². The summed E-state index contributed by atoms with van der Waals surface area (Å²) in [7, 11) is 4.21. The summed E-state index contributed by atoms with van der Waals surface area (Å²) in [6.07, 6.45) is 8.21. The Bertz CT molecular complexity index is 1110. The summed E-state index contributed by atoms with van der Waals surface area (Å²) in [5, 5.41) is 4.09. The molecule has 9 heteroatoms. The Morgan fingerprint density at radius 3 is 2.44 bits per heavy atom. The third-order valence-electron chi connectivity index (χ3n) is 8.51. The molecule has 0 bridgehead atoms. The van der Waals surface area contributed by atoms with Crippen LogP contribution < -0.4 is 9.64 Å². The lowest BCUT2D eigenvalue weighted by molar-refractivity contribution is -0.134. The second kappa shape index (κ2) is 13.2. The zero-order valence-electron chi connectivity index (χ0n) is 23.8. The lowest BCUT2D eigenvalue weighted by atomic mass is 9.86. The zero-order chi connectivity index (χ0) is 26.6. The van der Waals surface area contributed by atoms with Crippen molar-refractivity contribution in [3.63, 3.8) is 0 Å². The van der Waals surface area contributed by atoms with Crippen LogP contribution in [0.5, 0.6) is 5.75 Å². The summed E-state index contributed by atoms with van der Waals surface area (Å²) in [6.45, 7) is 8.48. The molecule has 5 rings (SSSR count). The van der Waals surface area contributed by atoms with Crippen molar-refractivity contribution in [2.24, 2.45) is 11.8 Å². The number of likely N-dealkylation sites (N-methyl/N-ethyl adjacent to an activating group) is 1. The number of likely N-dealkylation sites (tertiary alicyclic amines) is 1. The second-order valence-electron chi connectivity index (χ2n) is 11.7. The van der Waals surface area contributed by atoms with Crippen molar-refractivity contribution in [3.8, 4) is 5.75 Å². The highest BCUT2D eigenvalue weighted by Gasteiger charge is 2.32. The van der Waals surface area contributed by atoms with Crippen LogP contribution in [0, 0.1) is 11.8 Å². The minimum absolute atomic E-state index is 0. The molecule has 0 radical (unpaired) electrons. The summed E-state index contributed by atoms with van der Waals surface area (Å²) in [4.78, 5) is 24.1. The van der Waals surface area contributed by atoms with E-state index in [1.807, 2.05) is 0 Å². The van der Waals surface area contributed by atoms with Crippen LogP contribution in [0.25, 0.3) is 5.57 Å². The largest absolute Gasteiger partial charge is 0.493 e. The predicted molar refractivity (Wildman–Crippen MR) is 156 cm³/mol. The molecule has 0 saturated carbocycles. The quantitative estimate of drug-likeness (QED) is 0.438. The van der Waals surface area contributed by atoms with Gasteiger partial charge in [-0.25, -0.2) is 0 Å². The molecule has 1 unspecified atom stereocenters. The van der Waals surface area contributed by atoms with Gasteiger partial charge in [0, 0.05) is 44.1 Å². The van der Waals surface area contributed by atoms with E-state index in [0.29, 0.717) is 23.9 Å². The van der Waals surface area contributed by atoms with Gasteiger partial charge in [0.25, 0.3) is 0 Å². The topological polar surface area (TPSA) is 74.9 Å². The summed E-state index contributed by atoms with van der Waals surface area (Å²) in [6, 6.07) is 9.63. The van der Waals surface area contributed by atoms with Crippen molar-refractivity contribution in [2.75, 3.05) is 51.8 Å². The van der Waals surface area contributed by atoms with Crippen molar-refractivity contribution in [2.45, 2.75) is 64.3 Å². The predicted octanol–water partition coefficient (Wildman–Crippen LogP) is 5.26. The first-order valence-corrected chi connectivity index (χ1v) is 14.3. The molecule has 3 heterocycles. The number of piperidine rings is 1. The van der Waals surface area contributed by atoms with Gasteiger partial charge in [0.15, 0.2) is 5.82 Å². The summed E-state index contributed by atoms with van der Waals surface area (Å²) in [5.41, 5.74) is 2.59. The average Bonchev–Trinajstić information content (AvgIpc) is 3.63. The van der Waals surface area contributed by atoms with Gasteiger partial charge in [-0.1, -0.05) is 37.2 Å². The van der Waals surface area contributed by atoms with Crippen LogP contribution in [-0.4, -0.2) is 78.8 Å². The maximum absolute atomic E-state index is 13.0. The number of anilines is 1. The van der Waals surface area contributed by atoms with E-state index in [1.54, 1.807) is 0 Å². The smallest absolute Gasteiger partial charge is 0.324 e. The van der Waals surface area contributed by atoms with Crippen molar-refractivity contribution < 1.29 is 14.1 Å². The molecule has 0 N–H and O–H groups in total. The number of allylic oxidation sites excluding steroid dienone is 2. The molecule has 2 aromatic rings. The number of hydrogen-bond donors (Lipinski definition) is 0. The number of ether oxygens (including phenoxy) is 1. The Kier molecular flexibility index (Phi) is 9.94. The first-order chi connectivity index (χ1) is 18.4. The summed E-state index contributed by atoms with van der Waals surface area (Å²) < 4.78 is 11.6. The third-order valence-corrected chi connectivity index (χ3v) is 8.51. The van der Waals surface area contributed by atoms with Gasteiger partial charge in [-0.15, -0.1) is 12.4 Å². The van der Waals surface area contributed by atoms with E-state index in [4.69, 9.17) is 9.26 Å². The molecule has 1 aliphatic carbocycles. The van der Waals surface area contributed by atoms with Gasteiger partial charge in [0.1, 0.15) is 5.75 Å². The molecule has 2 fully saturated rings. The van der Waals surface area contributed by atoms with Crippen LogP contribution in [0.2, 0.25) is 0 Å². The number of carbonyl (C=O) groups is 1. The first kappa shape index (κ1) is 29.4. The van der Waals surface area contributed by atoms with Gasteiger partial charge in [-0.2, -0.15) is 4.98 Å². The van der Waals surface area contributed by atoms with Crippen LogP contribution in [-0.2, 0) is 4.79 Å². The molecule has 214 valence electrons. The molecular formula is C30H44ClN5O3. The second-order valence-corrected chi connectivity index (χ2v) is 11.7. The first-order valence-electron chi connectivity index (χ1n) is 14.3. The van der Waals surface area contributed by atoms with E-state index in [0.717, 1.165) is 82.9 Å². The Morgan fingerprint density at radius 2 is 1.85 bits per heavy atom. The van der Waals surface area contributed by atoms with E-state index in [2.05, 4.69) is 83.1 Å². The molecule has 2 aliphatic heterocycles. The molecule has 3 aliphatic rings. The molecule has 8 nitrogen and oxygen atoms in total. The van der Waals surface area contributed by atoms with Crippen LogP contribution in [0.1, 0.15) is 69.7 Å². The number of benzene rings is 1. The van der Waals surface area contributed by atoms with Crippen molar-refractivity contribution in [1.29, 1.82) is 0 Å². The van der Waals surface area contributed by atoms with E-state index >= 15 is 0 Å². The van der Waals surface area contributed by atoms with Gasteiger partial charge >= 0.3 is 6.01 Å².